The van der Waals surface area contributed by atoms with Gasteiger partial charge in [-0.1, -0.05) is 96.4 Å². The lowest BCUT2D eigenvalue weighted by molar-refractivity contribution is -0.127. The van der Waals surface area contributed by atoms with Crippen LogP contribution in [-0.2, 0) is 19.2 Å². The molecule has 0 rings (SSSR count). The van der Waals surface area contributed by atoms with Crippen molar-refractivity contribution in [2.75, 3.05) is 13.2 Å². The zero-order chi connectivity index (χ0) is 38.1. The molecule has 46 heavy (non-hydrogen) atoms. The molecule has 0 unspecified atom stereocenters. The molecule has 0 radical (unpaired) electrons. The molecular formula is C38H80N2O6. The summed E-state index contributed by atoms with van der Waals surface area (Å²) in [5, 5.41) is 23.0. The van der Waals surface area contributed by atoms with Crippen LogP contribution in [0.4, 0.5) is 0 Å². The second-order valence-corrected chi connectivity index (χ2v) is 13.6. The van der Waals surface area contributed by atoms with Gasteiger partial charge in [0.25, 0.3) is 0 Å². The number of carbonyl (C=O) groups excluding carboxylic acids is 4. The van der Waals surface area contributed by atoms with Crippen molar-refractivity contribution in [3.8, 4) is 0 Å². The van der Waals surface area contributed by atoms with E-state index >= 15 is 0 Å². The molecule has 0 aliphatic carbocycles. The molecule has 0 aliphatic heterocycles. The van der Waals surface area contributed by atoms with Crippen LogP contribution in [0.2, 0.25) is 0 Å². The second-order valence-electron chi connectivity index (χ2n) is 13.6. The van der Waals surface area contributed by atoms with Crippen LogP contribution in [0.3, 0.4) is 0 Å². The standard InChI is InChI=1S/C12H23NO3.C10H17NO3.C7H16.C5H12.2C2H6/c1-9(2)10(15)5-6-11(16)13-12(3,4)7-8-14;1-8(13)4-5-9(14)11-10(2,3)6-7-12;1-6(2)5-7(3)4;1-4-5(2)3;2*1-2/h9,14H,5-8H2,1-4H3,(H,13,16);4-5,12H,6-7H2,1-3H3,(H,11,14);6-7H,5H2,1-4H3;5H,4H2,1-3H3;2*1-2H3/b;5-4+;;;;. The highest BCUT2D eigenvalue weighted by atomic mass is 16.3. The molecule has 0 spiro atoms. The Balaban J connectivity index is -0.000000120. The minimum Gasteiger partial charge on any atom is -0.396 e. The van der Waals surface area contributed by atoms with Crippen LogP contribution < -0.4 is 10.6 Å². The maximum absolute atomic E-state index is 11.5. The number of aliphatic hydroxyl groups is 2. The quantitative estimate of drug-likeness (QED) is 0.130. The molecule has 0 aliphatic rings. The molecule has 0 bridgehead atoms. The van der Waals surface area contributed by atoms with Gasteiger partial charge in [0.05, 0.1) is 0 Å². The Morgan fingerprint density at radius 3 is 1.28 bits per heavy atom. The molecule has 0 fully saturated rings. The van der Waals surface area contributed by atoms with Gasteiger partial charge in [0.1, 0.15) is 5.78 Å². The Morgan fingerprint density at radius 2 is 1.02 bits per heavy atom. The van der Waals surface area contributed by atoms with E-state index in [2.05, 4.69) is 59.1 Å². The first-order chi connectivity index (χ1) is 21.0. The molecule has 0 heterocycles. The lowest BCUT2D eigenvalue weighted by atomic mass is 10.00. The monoisotopic (exact) mass is 661 g/mol. The van der Waals surface area contributed by atoms with Crippen LogP contribution in [0.1, 0.15) is 163 Å². The molecule has 2 amide bonds. The lowest BCUT2D eigenvalue weighted by Crippen LogP contribution is -2.44. The number of carbonyl (C=O) groups is 4. The maximum Gasteiger partial charge on any atom is 0.244 e. The number of nitrogens with one attached hydrogen (secondary N) is 2. The van der Waals surface area contributed by atoms with Gasteiger partial charge in [-0.15, -0.1) is 0 Å². The molecule has 4 N–H and O–H groups in total. The van der Waals surface area contributed by atoms with Crippen molar-refractivity contribution in [2.24, 2.45) is 23.7 Å². The molecule has 0 saturated carbocycles. The first-order valence-corrected chi connectivity index (χ1v) is 17.6. The number of hydrogen-bond acceptors (Lipinski definition) is 6. The molecule has 8 nitrogen and oxygen atoms in total. The number of allylic oxidation sites excluding steroid dienone is 1. The summed E-state index contributed by atoms with van der Waals surface area (Å²) in [6, 6.07) is 0. The van der Waals surface area contributed by atoms with E-state index in [4.69, 9.17) is 10.2 Å². The van der Waals surface area contributed by atoms with E-state index in [1.165, 1.54) is 31.9 Å². The summed E-state index contributed by atoms with van der Waals surface area (Å²) in [4.78, 5) is 44.6. The molecular weight excluding hydrogens is 580 g/mol. The normalized spacial score (nSPS) is 10.6. The summed E-state index contributed by atoms with van der Waals surface area (Å²) in [5.41, 5.74) is -0.861. The number of hydrogen-bond donors (Lipinski definition) is 4. The molecule has 0 atom stereocenters. The van der Waals surface area contributed by atoms with E-state index < -0.39 is 11.1 Å². The molecule has 0 aromatic carbocycles. The van der Waals surface area contributed by atoms with Gasteiger partial charge in [-0.3, -0.25) is 19.2 Å². The third kappa shape index (κ3) is 54.4. The van der Waals surface area contributed by atoms with Crippen LogP contribution in [0, 0.1) is 23.7 Å². The van der Waals surface area contributed by atoms with E-state index in [1.54, 1.807) is 0 Å². The minimum absolute atomic E-state index is 0.0155. The van der Waals surface area contributed by atoms with Gasteiger partial charge in [-0.05, 0) is 77.7 Å². The zero-order valence-corrected chi connectivity index (χ0v) is 33.6. The van der Waals surface area contributed by atoms with Crippen LogP contribution in [0.25, 0.3) is 0 Å². The number of ketones is 2. The third-order valence-corrected chi connectivity index (χ3v) is 5.88. The molecule has 278 valence electrons. The van der Waals surface area contributed by atoms with Crippen LogP contribution >= 0.6 is 0 Å². The summed E-state index contributed by atoms with van der Waals surface area (Å²) in [5.74, 6) is 2.11. The fraction of sp³-hybridized carbons (Fsp3) is 0.842. The summed E-state index contributed by atoms with van der Waals surface area (Å²) in [6.07, 6.45) is 6.58. The van der Waals surface area contributed by atoms with E-state index in [0.29, 0.717) is 19.3 Å². The molecule has 0 aromatic heterocycles. The summed E-state index contributed by atoms with van der Waals surface area (Å²) in [6.45, 7) is 36.1. The minimum atomic E-state index is -0.451. The van der Waals surface area contributed by atoms with Crippen LogP contribution in [0.5, 0.6) is 0 Å². The van der Waals surface area contributed by atoms with Crippen molar-refractivity contribution >= 4 is 23.4 Å². The van der Waals surface area contributed by atoms with Crippen molar-refractivity contribution in [3.63, 3.8) is 0 Å². The zero-order valence-electron chi connectivity index (χ0n) is 33.6. The smallest absolute Gasteiger partial charge is 0.244 e. The van der Waals surface area contributed by atoms with Gasteiger partial charge in [-0.25, -0.2) is 0 Å². The number of aliphatic hydroxyl groups excluding tert-OH is 2. The van der Waals surface area contributed by atoms with E-state index in [9.17, 15) is 19.2 Å². The SMILES string of the molecule is CC.CC.CC(=O)/C=C/C(=O)NC(C)(C)CCO.CC(C)C(=O)CCC(=O)NC(C)(C)CCO.CC(C)CC(C)C.CCC(C)C. The fourth-order valence-electron chi connectivity index (χ4n) is 3.16. The summed E-state index contributed by atoms with van der Waals surface area (Å²) >= 11 is 0. The first-order valence-electron chi connectivity index (χ1n) is 17.6. The molecule has 8 heteroatoms. The number of amides is 2. The van der Waals surface area contributed by atoms with Gasteiger partial charge in [0.2, 0.25) is 11.8 Å². The number of rotatable bonds is 15. The van der Waals surface area contributed by atoms with Crippen molar-refractivity contribution < 1.29 is 29.4 Å². The van der Waals surface area contributed by atoms with Gasteiger partial charge in [0.15, 0.2) is 5.78 Å². The van der Waals surface area contributed by atoms with Crippen molar-refractivity contribution in [3.05, 3.63) is 12.2 Å². The van der Waals surface area contributed by atoms with E-state index in [1.807, 2.05) is 69.2 Å². The third-order valence-electron chi connectivity index (χ3n) is 5.88. The largest absolute Gasteiger partial charge is 0.396 e. The predicted octanol–water partition coefficient (Wildman–Crippen LogP) is 8.47. The summed E-state index contributed by atoms with van der Waals surface area (Å²) in [7, 11) is 0. The predicted molar refractivity (Wildman–Crippen MR) is 199 cm³/mol. The second kappa shape index (κ2) is 35.8. The van der Waals surface area contributed by atoms with Gasteiger partial charge in [-0.2, -0.15) is 0 Å². The maximum atomic E-state index is 11.5. The molecule has 0 saturated heterocycles. The van der Waals surface area contributed by atoms with Gasteiger partial charge < -0.3 is 20.8 Å². The fourth-order valence-corrected chi connectivity index (χ4v) is 3.16. The van der Waals surface area contributed by atoms with Crippen molar-refractivity contribution in [1.82, 2.24) is 10.6 Å². The average molecular weight is 661 g/mol. The van der Waals surface area contributed by atoms with Crippen LogP contribution in [-0.4, -0.2) is 57.9 Å². The number of Topliss-reactive ketones (excluding diaryl/α,β-unsaturated/α-hetero) is 1. The van der Waals surface area contributed by atoms with Crippen LogP contribution in [0.15, 0.2) is 12.2 Å². The molecule has 0 aromatic rings. The Kier molecular flexibility index (Phi) is 43.8. The lowest BCUT2D eigenvalue weighted by Gasteiger charge is -2.25. The first kappa shape index (κ1) is 56.3. The highest BCUT2D eigenvalue weighted by Gasteiger charge is 2.20. The van der Waals surface area contributed by atoms with Gasteiger partial charge >= 0.3 is 0 Å². The Labute approximate surface area is 286 Å². The van der Waals surface area contributed by atoms with E-state index in [0.717, 1.165) is 17.8 Å². The van der Waals surface area contributed by atoms with E-state index in [-0.39, 0.29) is 48.9 Å². The topological polar surface area (TPSA) is 133 Å². The Morgan fingerprint density at radius 1 is 0.652 bits per heavy atom. The van der Waals surface area contributed by atoms with Gasteiger partial charge in [0, 0.05) is 49.1 Å². The highest BCUT2D eigenvalue weighted by Crippen LogP contribution is 2.10. The Hall–Kier alpha value is -2.06. The average Bonchev–Trinajstić information content (AvgIpc) is 2.92. The Bertz CT molecular complexity index is 748. The highest BCUT2D eigenvalue weighted by molar-refractivity contribution is 5.96. The van der Waals surface area contributed by atoms with Crippen molar-refractivity contribution in [2.45, 2.75) is 174 Å². The summed E-state index contributed by atoms with van der Waals surface area (Å²) < 4.78 is 0. The van der Waals surface area contributed by atoms with Crippen molar-refractivity contribution in [1.29, 1.82) is 0 Å².